The van der Waals surface area contributed by atoms with Gasteiger partial charge in [-0.05, 0) is 24.3 Å². The van der Waals surface area contributed by atoms with Crippen molar-refractivity contribution in [2.75, 3.05) is 7.05 Å². The van der Waals surface area contributed by atoms with Crippen molar-refractivity contribution in [3.63, 3.8) is 0 Å². The summed E-state index contributed by atoms with van der Waals surface area (Å²) in [5.41, 5.74) is 5.04. The summed E-state index contributed by atoms with van der Waals surface area (Å²) in [4.78, 5) is 28.6. The molecule has 0 aliphatic carbocycles. The number of rotatable bonds is 3. The lowest BCUT2D eigenvalue weighted by Crippen LogP contribution is -2.31. The first-order valence-corrected chi connectivity index (χ1v) is 8.27. The van der Waals surface area contributed by atoms with Gasteiger partial charge in [0.15, 0.2) is 5.82 Å². The zero-order chi connectivity index (χ0) is 21.0. The van der Waals surface area contributed by atoms with Crippen molar-refractivity contribution >= 4 is 22.6 Å². The fourth-order valence-corrected chi connectivity index (χ4v) is 2.41. The van der Waals surface area contributed by atoms with Crippen LogP contribution in [0.2, 0.25) is 0 Å². The number of aromatic nitrogens is 3. The Hall–Kier alpha value is -3.82. The Kier molecular flexibility index (Phi) is 5.53. The second kappa shape index (κ2) is 8.05. The van der Waals surface area contributed by atoms with E-state index in [9.17, 15) is 18.0 Å². The molecule has 0 spiro atoms. The molecule has 0 saturated heterocycles. The van der Waals surface area contributed by atoms with Crippen molar-refractivity contribution in [1.29, 1.82) is 0 Å². The van der Waals surface area contributed by atoms with E-state index in [4.69, 9.17) is 5.73 Å². The summed E-state index contributed by atoms with van der Waals surface area (Å²) < 4.78 is 37.7. The highest BCUT2D eigenvalue weighted by atomic mass is 19.4. The van der Waals surface area contributed by atoms with Crippen LogP contribution < -0.4 is 11.1 Å². The number of alkyl halides is 3. The third-order valence-electron chi connectivity index (χ3n) is 3.87. The van der Waals surface area contributed by atoms with Crippen LogP contribution in [-0.4, -0.2) is 39.9 Å². The van der Waals surface area contributed by atoms with Gasteiger partial charge in [0.1, 0.15) is 11.5 Å². The molecule has 29 heavy (non-hydrogen) atoms. The normalized spacial score (nSPS) is 12.8. The largest absolute Gasteiger partial charge is 0.430 e. The van der Waals surface area contributed by atoms with Crippen molar-refractivity contribution in [2.24, 2.45) is 10.7 Å². The van der Waals surface area contributed by atoms with E-state index in [-0.39, 0.29) is 11.4 Å². The van der Waals surface area contributed by atoms with E-state index >= 15 is 0 Å². The first kappa shape index (κ1) is 19.9. The molecule has 10 heteroatoms. The van der Waals surface area contributed by atoms with Crippen LogP contribution in [0.15, 0.2) is 65.7 Å². The van der Waals surface area contributed by atoms with Gasteiger partial charge in [0.2, 0.25) is 0 Å². The molecule has 2 heterocycles. The molecule has 0 fully saturated rings. The van der Waals surface area contributed by atoms with Gasteiger partial charge in [-0.15, -0.1) is 0 Å². The summed E-state index contributed by atoms with van der Waals surface area (Å²) in [6.45, 7) is 0. The number of hydrogen-bond donors (Lipinski definition) is 2. The molecule has 0 bridgehead atoms. The second-order valence-corrected chi connectivity index (χ2v) is 5.86. The fourth-order valence-electron chi connectivity index (χ4n) is 2.41. The van der Waals surface area contributed by atoms with E-state index in [2.05, 4.69) is 25.3 Å². The Labute approximate surface area is 163 Å². The molecule has 0 atom stereocenters. The average molecular weight is 400 g/mol. The monoisotopic (exact) mass is 400 g/mol. The zero-order valence-electron chi connectivity index (χ0n) is 15.1. The van der Waals surface area contributed by atoms with Gasteiger partial charge in [-0.1, -0.05) is 6.07 Å². The van der Waals surface area contributed by atoms with E-state index in [1.165, 1.54) is 19.2 Å². The lowest BCUT2D eigenvalue weighted by Gasteiger charge is -2.09. The summed E-state index contributed by atoms with van der Waals surface area (Å²) >= 11 is 0. The number of allylic oxidation sites excluding steroid dienone is 1. The molecule has 0 aliphatic rings. The molecular weight excluding hydrogens is 385 g/mol. The van der Waals surface area contributed by atoms with Crippen LogP contribution in [0, 0.1) is 0 Å². The van der Waals surface area contributed by atoms with Gasteiger partial charge in [0.25, 0.3) is 5.91 Å². The molecule has 3 rings (SSSR count). The molecule has 1 amide bonds. The molecule has 1 aromatic carbocycles. The minimum atomic E-state index is -4.71. The molecule has 7 nitrogen and oxygen atoms in total. The summed E-state index contributed by atoms with van der Waals surface area (Å²) in [6.07, 6.45) is 0.655. The van der Waals surface area contributed by atoms with E-state index in [1.54, 1.807) is 30.7 Å². The Morgan fingerprint density at radius 2 is 1.90 bits per heavy atom. The van der Waals surface area contributed by atoms with Crippen LogP contribution in [0.3, 0.4) is 0 Å². The average Bonchev–Trinajstić information content (AvgIpc) is 2.72. The molecule has 0 aliphatic heterocycles. The number of carbonyl (C=O) groups is 1. The van der Waals surface area contributed by atoms with E-state index in [0.29, 0.717) is 23.0 Å². The maximum atomic E-state index is 12.6. The van der Waals surface area contributed by atoms with E-state index in [0.717, 1.165) is 5.39 Å². The van der Waals surface area contributed by atoms with Gasteiger partial charge >= 0.3 is 6.18 Å². The van der Waals surface area contributed by atoms with Crippen LogP contribution in [0.1, 0.15) is 10.4 Å². The number of benzene rings is 1. The Balaban J connectivity index is 1.83. The Morgan fingerprint density at radius 1 is 1.17 bits per heavy atom. The van der Waals surface area contributed by atoms with Crippen LogP contribution in [0.4, 0.5) is 13.2 Å². The summed E-state index contributed by atoms with van der Waals surface area (Å²) in [5, 5.41) is 3.04. The number of amides is 1. The lowest BCUT2D eigenvalue weighted by atomic mass is 10.1. The summed E-state index contributed by atoms with van der Waals surface area (Å²) in [5.74, 6) is -0.438. The topological polar surface area (TPSA) is 106 Å². The van der Waals surface area contributed by atoms with Gasteiger partial charge in [-0.2, -0.15) is 13.2 Å². The number of halogens is 3. The summed E-state index contributed by atoms with van der Waals surface area (Å²) in [6, 6.07) is 8.25. The van der Waals surface area contributed by atoms with Gasteiger partial charge in [-0.3, -0.25) is 14.8 Å². The predicted octanol–water partition coefficient (Wildman–Crippen LogP) is 2.85. The predicted molar refractivity (Wildman–Crippen MR) is 102 cm³/mol. The standard InChI is InChI=1S/C19H15F3N6O/c1-24-16(9-15(23)19(20,21)22)28-18(29)12-4-3-11-7-13(10-27-14(11)8-12)17-25-5-2-6-26-17/h2-10H,23H2,1H3,(H,24,28,29)/b15-9-. The molecule has 148 valence electrons. The SMILES string of the molecule is CN=C(/C=C(\N)C(F)(F)F)NC(=O)c1ccc2cc(-c3ncccn3)cnc2c1. The zero-order valence-corrected chi connectivity index (χ0v) is 15.1. The minimum absolute atomic E-state index is 0.203. The molecule has 0 unspecified atom stereocenters. The van der Waals surface area contributed by atoms with Crippen molar-refractivity contribution in [2.45, 2.75) is 6.18 Å². The number of fused-ring (bicyclic) bond motifs is 1. The lowest BCUT2D eigenvalue weighted by molar-refractivity contribution is -0.0925. The highest BCUT2D eigenvalue weighted by Gasteiger charge is 2.31. The van der Waals surface area contributed by atoms with Gasteiger partial charge < -0.3 is 11.1 Å². The summed E-state index contributed by atoms with van der Waals surface area (Å²) in [7, 11) is 1.24. The van der Waals surface area contributed by atoms with E-state index < -0.39 is 17.8 Å². The van der Waals surface area contributed by atoms with Crippen LogP contribution >= 0.6 is 0 Å². The van der Waals surface area contributed by atoms with Crippen LogP contribution in [0.25, 0.3) is 22.3 Å². The quantitative estimate of drug-likeness (QED) is 0.519. The highest BCUT2D eigenvalue weighted by molar-refractivity contribution is 6.11. The van der Waals surface area contributed by atoms with E-state index in [1.807, 2.05) is 6.07 Å². The number of nitrogens with one attached hydrogen (secondary N) is 1. The number of amidine groups is 1. The maximum absolute atomic E-state index is 12.6. The smallest absolute Gasteiger partial charge is 0.395 e. The molecule has 2 aromatic heterocycles. The fraction of sp³-hybridized carbons (Fsp3) is 0.105. The Morgan fingerprint density at radius 3 is 2.55 bits per heavy atom. The van der Waals surface area contributed by atoms with Crippen LogP contribution in [0.5, 0.6) is 0 Å². The van der Waals surface area contributed by atoms with Crippen molar-refractivity contribution in [3.05, 3.63) is 66.3 Å². The third-order valence-corrected chi connectivity index (χ3v) is 3.87. The number of nitrogens with two attached hydrogens (primary N) is 1. The first-order valence-electron chi connectivity index (χ1n) is 8.27. The Bertz CT molecular complexity index is 1110. The molecule has 3 aromatic rings. The first-order chi connectivity index (χ1) is 13.8. The van der Waals surface area contributed by atoms with Gasteiger partial charge in [-0.25, -0.2) is 9.97 Å². The number of nitrogens with zero attached hydrogens (tertiary/aromatic N) is 4. The molecular formula is C19H15F3N6O. The maximum Gasteiger partial charge on any atom is 0.430 e. The minimum Gasteiger partial charge on any atom is -0.395 e. The third kappa shape index (κ3) is 4.72. The number of hydrogen-bond acceptors (Lipinski definition) is 6. The number of carbonyl (C=O) groups excluding carboxylic acids is 1. The molecule has 0 radical (unpaired) electrons. The van der Waals surface area contributed by atoms with Crippen molar-refractivity contribution in [3.8, 4) is 11.4 Å². The molecule has 0 saturated carbocycles. The van der Waals surface area contributed by atoms with Gasteiger partial charge in [0.05, 0.1) is 5.52 Å². The number of aliphatic imine (C=N–C) groups is 1. The number of pyridine rings is 1. The molecule has 3 N–H and O–H groups in total. The van der Waals surface area contributed by atoms with Gasteiger partial charge in [0, 0.05) is 48.2 Å². The highest BCUT2D eigenvalue weighted by Crippen LogP contribution is 2.22. The second-order valence-electron chi connectivity index (χ2n) is 5.86. The van der Waals surface area contributed by atoms with Crippen molar-refractivity contribution in [1.82, 2.24) is 20.3 Å². The van der Waals surface area contributed by atoms with Crippen LogP contribution in [-0.2, 0) is 0 Å². The van der Waals surface area contributed by atoms with Crippen molar-refractivity contribution < 1.29 is 18.0 Å².